The van der Waals surface area contributed by atoms with Gasteiger partial charge in [-0.3, -0.25) is 9.59 Å². The number of likely N-dealkylation sites (tertiary alicyclic amines) is 1. The molecule has 1 fully saturated rings. The van der Waals surface area contributed by atoms with Crippen molar-refractivity contribution in [3.05, 3.63) is 108 Å². The highest BCUT2D eigenvalue weighted by Gasteiger charge is 2.34. The number of aliphatic hydroxyl groups is 1. The molecule has 9 nitrogen and oxygen atoms in total. The lowest BCUT2D eigenvalue weighted by atomic mass is 9.98. The van der Waals surface area contributed by atoms with Crippen LogP contribution in [0.1, 0.15) is 44.2 Å². The molecule has 0 spiro atoms. The molecule has 0 radical (unpaired) electrons. The molecule has 4 rings (SSSR count). The van der Waals surface area contributed by atoms with E-state index in [0.29, 0.717) is 45.2 Å². The van der Waals surface area contributed by atoms with E-state index in [-0.39, 0.29) is 23.5 Å². The molecule has 3 aromatic carbocycles. The normalized spacial score (nSPS) is 15.0. The summed E-state index contributed by atoms with van der Waals surface area (Å²) in [6.07, 6.45) is 4.99. The first-order valence-corrected chi connectivity index (χ1v) is 16.2. The van der Waals surface area contributed by atoms with Crippen molar-refractivity contribution in [1.29, 1.82) is 0 Å². The molecular formula is C38H50N4O5. The summed E-state index contributed by atoms with van der Waals surface area (Å²) in [4.78, 5) is 40.7. The average molecular weight is 643 g/mol. The van der Waals surface area contributed by atoms with Crippen molar-refractivity contribution in [3.8, 4) is 11.1 Å². The molecule has 2 amide bonds. The molecule has 252 valence electrons. The number of piperidine rings is 1. The molecular weight excluding hydrogens is 592 g/mol. The Morgan fingerprint density at radius 1 is 0.915 bits per heavy atom. The number of hydrogen-bond acceptors (Lipinski definition) is 6. The van der Waals surface area contributed by atoms with Crippen LogP contribution in [-0.4, -0.2) is 88.7 Å². The molecule has 0 unspecified atom stereocenters. The summed E-state index contributed by atoms with van der Waals surface area (Å²) >= 11 is 0. The van der Waals surface area contributed by atoms with Gasteiger partial charge in [-0.15, -0.1) is 0 Å². The van der Waals surface area contributed by atoms with Gasteiger partial charge in [-0.2, -0.15) is 0 Å². The Bertz CT molecular complexity index is 1430. The molecule has 9 heteroatoms. The molecule has 1 heterocycles. The van der Waals surface area contributed by atoms with Crippen LogP contribution in [0, 0.1) is 0 Å². The fourth-order valence-electron chi connectivity index (χ4n) is 5.40. The molecule has 1 aliphatic heterocycles. The number of nitrogens with two attached hydrogens (primary N) is 1. The maximum Gasteiger partial charge on any atom is 0.327 e. The second-order valence-electron chi connectivity index (χ2n) is 12.8. The second-order valence-corrected chi connectivity index (χ2v) is 12.8. The smallest absolute Gasteiger partial charge is 0.327 e. The zero-order chi connectivity index (χ0) is 34.4. The van der Waals surface area contributed by atoms with Gasteiger partial charge in [0.15, 0.2) is 0 Å². The standard InChI is InChI=1S/C31H37N3O3.C7H13NO2/c1-32-28(21-24-13-15-26(16-14-24)25-11-7-4-8-12-25)30(36)33(2)29(22-23-9-5-3-6-10-23)31(37)34-19-17-27(35)18-20-34;1-7(2,8)5-3-4-6(9)10/h3-16,27-29,32,35H,17-22H2,1-2H3;3-4H,5,8H2,1-2H3,(H,9,10)/b;4-3+/t28-,29-;/m1./s1. The van der Waals surface area contributed by atoms with Crippen molar-refractivity contribution in [3.63, 3.8) is 0 Å². The predicted octanol–water partition coefficient (Wildman–Crippen LogP) is 4.29. The van der Waals surface area contributed by atoms with Crippen LogP contribution in [0.3, 0.4) is 0 Å². The lowest BCUT2D eigenvalue weighted by molar-refractivity contribution is -0.146. The van der Waals surface area contributed by atoms with Crippen LogP contribution in [0.5, 0.6) is 0 Å². The van der Waals surface area contributed by atoms with E-state index in [4.69, 9.17) is 10.8 Å². The maximum atomic E-state index is 13.7. The summed E-state index contributed by atoms with van der Waals surface area (Å²) in [5, 5.41) is 21.2. The van der Waals surface area contributed by atoms with Crippen LogP contribution in [0.4, 0.5) is 0 Å². The maximum absolute atomic E-state index is 13.7. The Kier molecular flexibility index (Phi) is 14.3. The summed E-state index contributed by atoms with van der Waals surface area (Å²) in [7, 11) is 3.52. The van der Waals surface area contributed by atoms with Crippen LogP contribution in [0.15, 0.2) is 97.1 Å². The molecule has 1 aliphatic rings. The Morgan fingerprint density at radius 3 is 1.98 bits per heavy atom. The summed E-state index contributed by atoms with van der Waals surface area (Å²) in [5.74, 6) is -1.10. The van der Waals surface area contributed by atoms with Crippen molar-refractivity contribution in [2.45, 2.75) is 69.7 Å². The summed E-state index contributed by atoms with van der Waals surface area (Å²) < 4.78 is 0. The van der Waals surface area contributed by atoms with Crippen LogP contribution >= 0.6 is 0 Å². The number of hydrogen-bond donors (Lipinski definition) is 4. The summed E-state index contributed by atoms with van der Waals surface area (Å²) in [6, 6.07) is 27.2. The zero-order valence-corrected chi connectivity index (χ0v) is 28.0. The number of carboxylic acid groups (broad SMARTS) is 1. The number of benzene rings is 3. The molecule has 0 saturated carbocycles. The van der Waals surface area contributed by atoms with Crippen molar-refractivity contribution < 1.29 is 24.6 Å². The van der Waals surface area contributed by atoms with Gasteiger partial charge in [0.1, 0.15) is 6.04 Å². The van der Waals surface area contributed by atoms with Crippen molar-refractivity contribution in [2.75, 3.05) is 27.2 Å². The third-order valence-electron chi connectivity index (χ3n) is 8.20. The molecule has 2 atom stereocenters. The number of aliphatic hydroxyl groups excluding tert-OH is 1. The van der Waals surface area contributed by atoms with Gasteiger partial charge < -0.3 is 31.1 Å². The van der Waals surface area contributed by atoms with E-state index in [2.05, 4.69) is 41.7 Å². The number of amides is 2. The number of likely N-dealkylation sites (N-methyl/N-ethyl adjacent to an activating group) is 2. The van der Waals surface area contributed by atoms with E-state index in [1.54, 1.807) is 30.0 Å². The van der Waals surface area contributed by atoms with Crippen LogP contribution in [-0.2, 0) is 27.2 Å². The zero-order valence-electron chi connectivity index (χ0n) is 28.0. The topological polar surface area (TPSA) is 136 Å². The SMILES string of the molecule is CC(C)(N)C/C=C/C(=O)O.CN[C@H](Cc1ccc(-c2ccccc2)cc1)C(=O)N(C)[C@H](Cc1ccccc1)C(=O)N1CCC(O)CC1. The monoisotopic (exact) mass is 642 g/mol. The van der Waals surface area contributed by atoms with Crippen molar-refractivity contribution >= 4 is 17.8 Å². The van der Waals surface area contributed by atoms with Crippen LogP contribution < -0.4 is 11.1 Å². The first-order valence-electron chi connectivity index (χ1n) is 16.2. The first kappa shape index (κ1) is 37.2. The van der Waals surface area contributed by atoms with E-state index in [9.17, 15) is 19.5 Å². The largest absolute Gasteiger partial charge is 0.478 e. The van der Waals surface area contributed by atoms with Gasteiger partial charge in [0.2, 0.25) is 11.8 Å². The van der Waals surface area contributed by atoms with E-state index in [0.717, 1.165) is 28.3 Å². The second kappa shape index (κ2) is 18.1. The van der Waals surface area contributed by atoms with Gasteiger partial charge in [-0.25, -0.2) is 4.79 Å². The molecule has 1 saturated heterocycles. The highest BCUT2D eigenvalue weighted by molar-refractivity contribution is 5.90. The average Bonchev–Trinajstić information content (AvgIpc) is 3.06. The first-order chi connectivity index (χ1) is 22.4. The molecule has 5 N–H and O–H groups in total. The lowest BCUT2D eigenvalue weighted by Gasteiger charge is -2.37. The minimum absolute atomic E-state index is 0.0614. The van der Waals surface area contributed by atoms with E-state index in [1.165, 1.54) is 0 Å². The Balaban J connectivity index is 0.000000520. The Labute approximate surface area is 279 Å². The van der Waals surface area contributed by atoms with Gasteiger partial charge >= 0.3 is 5.97 Å². The van der Waals surface area contributed by atoms with Crippen LogP contribution in [0.2, 0.25) is 0 Å². The number of carbonyl (C=O) groups excluding carboxylic acids is 2. The number of nitrogens with zero attached hydrogens (tertiary/aromatic N) is 2. The third-order valence-corrected chi connectivity index (χ3v) is 8.20. The van der Waals surface area contributed by atoms with E-state index < -0.39 is 18.1 Å². The van der Waals surface area contributed by atoms with E-state index in [1.807, 2.05) is 62.4 Å². The van der Waals surface area contributed by atoms with Crippen LogP contribution in [0.25, 0.3) is 11.1 Å². The fourth-order valence-corrected chi connectivity index (χ4v) is 5.40. The quantitative estimate of drug-likeness (QED) is 0.217. The predicted molar refractivity (Wildman–Crippen MR) is 187 cm³/mol. The molecule has 0 aromatic heterocycles. The van der Waals surface area contributed by atoms with Crippen molar-refractivity contribution in [1.82, 2.24) is 15.1 Å². The molecule has 3 aromatic rings. The number of aliphatic carboxylic acids is 1. The molecule has 0 aliphatic carbocycles. The van der Waals surface area contributed by atoms with Crippen molar-refractivity contribution in [2.24, 2.45) is 5.73 Å². The lowest BCUT2D eigenvalue weighted by Crippen LogP contribution is -2.56. The van der Waals surface area contributed by atoms with Gasteiger partial charge in [0.05, 0.1) is 12.1 Å². The number of rotatable bonds is 12. The molecule has 0 bridgehead atoms. The fraction of sp³-hybridized carbons (Fsp3) is 0.395. The highest BCUT2D eigenvalue weighted by atomic mass is 16.4. The van der Waals surface area contributed by atoms with Gasteiger partial charge in [0, 0.05) is 38.2 Å². The number of carboxylic acids is 1. The van der Waals surface area contributed by atoms with Gasteiger partial charge in [-0.1, -0.05) is 91.0 Å². The minimum atomic E-state index is -0.927. The number of nitrogens with one attached hydrogen (secondary N) is 1. The Hall–Kier alpha value is -4.31. The summed E-state index contributed by atoms with van der Waals surface area (Å²) in [5.41, 5.74) is 9.61. The number of carbonyl (C=O) groups is 3. The molecule has 47 heavy (non-hydrogen) atoms. The van der Waals surface area contributed by atoms with E-state index >= 15 is 0 Å². The van der Waals surface area contributed by atoms with Gasteiger partial charge in [0.25, 0.3) is 0 Å². The third kappa shape index (κ3) is 12.4. The Morgan fingerprint density at radius 2 is 1.45 bits per heavy atom. The van der Waals surface area contributed by atoms with Gasteiger partial charge in [-0.05, 0) is 68.8 Å². The summed E-state index contributed by atoms with van der Waals surface area (Å²) in [6.45, 7) is 4.71. The highest BCUT2D eigenvalue weighted by Crippen LogP contribution is 2.21. The minimum Gasteiger partial charge on any atom is -0.478 e.